The van der Waals surface area contributed by atoms with Crippen LogP contribution in [-0.2, 0) is 4.74 Å². The molecule has 0 saturated heterocycles. The molecule has 4 heteroatoms. The summed E-state index contributed by atoms with van der Waals surface area (Å²) in [5, 5.41) is 11.0. The third kappa shape index (κ3) is 3.79. The van der Waals surface area contributed by atoms with Crippen LogP contribution in [0.1, 0.15) is 25.7 Å². The van der Waals surface area contributed by atoms with Crippen molar-refractivity contribution in [3.05, 3.63) is 12.7 Å². The molecule has 4 nitrogen and oxygen atoms in total. The summed E-state index contributed by atoms with van der Waals surface area (Å²) in [6.07, 6.45) is 4.68. The zero-order valence-electron chi connectivity index (χ0n) is 8.24. The maximum atomic E-state index is 10.4. The molecule has 0 unspecified atom stereocenters. The van der Waals surface area contributed by atoms with E-state index in [0.717, 1.165) is 25.7 Å². The number of ether oxygens (including phenoxy) is 1. The van der Waals surface area contributed by atoms with Gasteiger partial charge in [-0.15, -0.1) is 6.58 Å². The van der Waals surface area contributed by atoms with Crippen molar-refractivity contribution in [2.24, 2.45) is 0 Å². The summed E-state index contributed by atoms with van der Waals surface area (Å²) < 4.78 is 5.49. The van der Waals surface area contributed by atoms with Crippen LogP contribution in [0, 0.1) is 0 Å². The summed E-state index contributed by atoms with van der Waals surface area (Å²) in [6, 6.07) is 0.107. The minimum Gasteiger partial charge on any atom is -0.465 e. The van der Waals surface area contributed by atoms with E-state index in [1.54, 1.807) is 6.08 Å². The predicted molar refractivity (Wildman–Crippen MR) is 53.4 cm³/mol. The second-order valence-electron chi connectivity index (χ2n) is 3.55. The van der Waals surface area contributed by atoms with Crippen molar-refractivity contribution in [3.8, 4) is 0 Å². The van der Waals surface area contributed by atoms with Crippen molar-refractivity contribution < 1.29 is 14.6 Å². The number of carboxylic acid groups (broad SMARTS) is 1. The lowest BCUT2D eigenvalue weighted by atomic mass is 9.93. The van der Waals surface area contributed by atoms with Gasteiger partial charge in [0.25, 0.3) is 0 Å². The Balaban J connectivity index is 2.17. The molecule has 0 atom stereocenters. The van der Waals surface area contributed by atoms with Crippen LogP contribution in [0.4, 0.5) is 4.79 Å². The maximum Gasteiger partial charge on any atom is 0.404 e. The van der Waals surface area contributed by atoms with Gasteiger partial charge >= 0.3 is 6.09 Å². The molecule has 0 radical (unpaired) electrons. The van der Waals surface area contributed by atoms with E-state index in [9.17, 15) is 4.79 Å². The molecule has 80 valence electrons. The highest BCUT2D eigenvalue weighted by atomic mass is 16.5. The Bertz CT molecular complexity index is 198. The SMILES string of the molecule is C=CCOC1CCC(NC(=O)O)CC1. The van der Waals surface area contributed by atoms with Crippen LogP contribution in [-0.4, -0.2) is 30.0 Å². The quantitative estimate of drug-likeness (QED) is 0.678. The van der Waals surface area contributed by atoms with Gasteiger partial charge in [-0.3, -0.25) is 0 Å². The zero-order valence-corrected chi connectivity index (χ0v) is 8.24. The van der Waals surface area contributed by atoms with Crippen molar-refractivity contribution in [2.45, 2.75) is 37.8 Å². The molecule has 0 bridgehead atoms. The first-order valence-electron chi connectivity index (χ1n) is 4.94. The largest absolute Gasteiger partial charge is 0.465 e. The van der Waals surface area contributed by atoms with Gasteiger partial charge in [0, 0.05) is 6.04 Å². The normalized spacial score (nSPS) is 26.9. The molecule has 0 heterocycles. The molecule has 1 fully saturated rings. The van der Waals surface area contributed by atoms with Gasteiger partial charge < -0.3 is 15.2 Å². The summed E-state index contributed by atoms with van der Waals surface area (Å²) in [7, 11) is 0. The van der Waals surface area contributed by atoms with Gasteiger partial charge in [-0.05, 0) is 25.7 Å². The fraction of sp³-hybridized carbons (Fsp3) is 0.700. The highest BCUT2D eigenvalue weighted by Gasteiger charge is 2.22. The van der Waals surface area contributed by atoms with Gasteiger partial charge in [0.05, 0.1) is 12.7 Å². The molecular weight excluding hydrogens is 182 g/mol. The van der Waals surface area contributed by atoms with Crippen molar-refractivity contribution in [1.29, 1.82) is 0 Å². The Morgan fingerprint density at radius 2 is 2.14 bits per heavy atom. The van der Waals surface area contributed by atoms with E-state index in [4.69, 9.17) is 9.84 Å². The van der Waals surface area contributed by atoms with Gasteiger partial charge in [-0.1, -0.05) is 6.08 Å². The smallest absolute Gasteiger partial charge is 0.404 e. The topological polar surface area (TPSA) is 58.6 Å². The molecule has 1 rings (SSSR count). The minimum atomic E-state index is -0.930. The number of rotatable bonds is 4. The predicted octanol–water partition coefficient (Wildman–Crippen LogP) is 1.77. The van der Waals surface area contributed by atoms with Crippen LogP contribution in [0.3, 0.4) is 0 Å². The molecule has 1 saturated carbocycles. The summed E-state index contributed by atoms with van der Waals surface area (Å²) in [5.74, 6) is 0. The van der Waals surface area contributed by atoms with Gasteiger partial charge in [-0.2, -0.15) is 0 Å². The second kappa shape index (κ2) is 5.65. The summed E-state index contributed by atoms with van der Waals surface area (Å²) in [6.45, 7) is 4.17. The molecule has 1 aliphatic rings. The van der Waals surface area contributed by atoms with Gasteiger partial charge in [-0.25, -0.2) is 4.79 Å². The second-order valence-corrected chi connectivity index (χ2v) is 3.55. The first-order valence-corrected chi connectivity index (χ1v) is 4.94. The van der Waals surface area contributed by atoms with Gasteiger partial charge in [0.15, 0.2) is 0 Å². The number of carbonyl (C=O) groups is 1. The molecular formula is C10H17NO3. The lowest BCUT2D eigenvalue weighted by Crippen LogP contribution is -2.38. The van der Waals surface area contributed by atoms with Crippen LogP contribution in [0.5, 0.6) is 0 Å². The highest BCUT2D eigenvalue weighted by Crippen LogP contribution is 2.21. The fourth-order valence-corrected chi connectivity index (χ4v) is 1.75. The highest BCUT2D eigenvalue weighted by molar-refractivity contribution is 5.64. The van der Waals surface area contributed by atoms with E-state index in [1.807, 2.05) is 0 Å². The van der Waals surface area contributed by atoms with Crippen LogP contribution < -0.4 is 5.32 Å². The van der Waals surface area contributed by atoms with Crippen molar-refractivity contribution in [1.82, 2.24) is 5.32 Å². The molecule has 0 aromatic carbocycles. The van der Waals surface area contributed by atoms with Crippen molar-refractivity contribution in [2.75, 3.05) is 6.61 Å². The van der Waals surface area contributed by atoms with E-state index in [-0.39, 0.29) is 12.1 Å². The van der Waals surface area contributed by atoms with Gasteiger partial charge in [0.2, 0.25) is 0 Å². The summed E-state index contributed by atoms with van der Waals surface area (Å²) in [5.41, 5.74) is 0. The number of hydrogen-bond donors (Lipinski definition) is 2. The van der Waals surface area contributed by atoms with E-state index >= 15 is 0 Å². The van der Waals surface area contributed by atoms with Gasteiger partial charge in [0.1, 0.15) is 0 Å². The Hall–Kier alpha value is -1.03. The first kappa shape index (κ1) is 11.0. The minimum absolute atomic E-state index is 0.107. The Kier molecular flexibility index (Phi) is 4.46. The monoisotopic (exact) mass is 199 g/mol. The molecule has 1 amide bonds. The molecule has 2 N–H and O–H groups in total. The lowest BCUT2D eigenvalue weighted by Gasteiger charge is -2.27. The van der Waals surface area contributed by atoms with E-state index < -0.39 is 6.09 Å². The molecule has 0 spiro atoms. The molecule has 0 aromatic heterocycles. The molecule has 0 aromatic rings. The van der Waals surface area contributed by atoms with Crippen molar-refractivity contribution >= 4 is 6.09 Å². The Labute approximate surface area is 83.9 Å². The summed E-state index contributed by atoms with van der Waals surface area (Å²) in [4.78, 5) is 10.4. The van der Waals surface area contributed by atoms with Crippen molar-refractivity contribution in [3.63, 3.8) is 0 Å². The van der Waals surface area contributed by atoms with E-state index in [0.29, 0.717) is 6.61 Å². The number of hydrogen-bond acceptors (Lipinski definition) is 2. The van der Waals surface area contributed by atoms with Crippen LogP contribution in [0.2, 0.25) is 0 Å². The molecule has 1 aliphatic carbocycles. The third-order valence-electron chi connectivity index (χ3n) is 2.45. The number of nitrogens with one attached hydrogen (secondary N) is 1. The van der Waals surface area contributed by atoms with E-state index in [2.05, 4.69) is 11.9 Å². The third-order valence-corrected chi connectivity index (χ3v) is 2.45. The lowest BCUT2D eigenvalue weighted by molar-refractivity contribution is 0.0398. The van der Waals surface area contributed by atoms with Crippen LogP contribution in [0.15, 0.2) is 12.7 Å². The first-order chi connectivity index (χ1) is 6.72. The van der Waals surface area contributed by atoms with Crippen LogP contribution in [0.25, 0.3) is 0 Å². The molecule has 14 heavy (non-hydrogen) atoms. The average Bonchev–Trinajstić information content (AvgIpc) is 2.16. The Morgan fingerprint density at radius 3 is 2.64 bits per heavy atom. The Morgan fingerprint density at radius 1 is 1.50 bits per heavy atom. The standard InChI is InChI=1S/C10H17NO3/c1-2-7-14-9-5-3-8(4-6-9)11-10(12)13/h2,8-9,11H,1,3-7H2,(H,12,13). The zero-order chi connectivity index (χ0) is 10.4. The molecule has 0 aliphatic heterocycles. The maximum absolute atomic E-state index is 10.4. The fourth-order valence-electron chi connectivity index (χ4n) is 1.75. The summed E-state index contributed by atoms with van der Waals surface area (Å²) >= 11 is 0. The average molecular weight is 199 g/mol. The number of amides is 1. The van der Waals surface area contributed by atoms with Crippen LogP contribution >= 0.6 is 0 Å². The van der Waals surface area contributed by atoms with E-state index in [1.165, 1.54) is 0 Å².